The lowest BCUT2D eigenvalue weighted by Crippen LogP contribution is -2.51. The molecular weight excluding hydrogens is 310 g/mol. The highest BCUT2D eigenvalue weighted by molar-refractivity contribution is 7.87. The lowest BCUT2D eigenvalue weighted by atomic mass is 9.84. The van der Waals surface area contributed by atoms with E-state index in [0.717, 1.165) is 0 Å². The molecule has 2 aliphatic carbocycles. The summed E-state index contributed by atoms with van der Waals surface area (Å²) in [5.41, 5.74) is -0.796. The fourth-order valence-corrected chi connectivity index (χ4v) is 6.26. The summed E-state index contributed by atoms with van der Waals surface area (Å²) in [6.07, 6.45) is 1.01. The summed E-state index contributed by atoms with van der Waals surface area (Å²) in [7, 11) is -3.71. The molecule has 1 saturated heterocycles. The quantitative estimate of drug-likeness (QED) is 0.447. The van der Waals surface area contributed by atoms with E-state index in [1.165, 1.54) is 6.92 Å². The normalized spacial score (nSPS) is 40.5. The zero-order chi connectivity index (χ0) is 16.3. The minimum Gasteiger partial charge on any atom is -0.456 e. The third-order valence-corrected chi connectivity index (χ3v) is 6.95. The first kappa shape index (κ1) is 15.5. The van der Waals surface area contributed by atoms with Gasteiger partial charge in [-0.2, -0.15) is 8.42 Å². The summed E-state index contributed by atoms with van der Waals surface area (Å²) in [6, 6.07) is 0. The van der Waals surface area contributed by atoms with Crippen LogP contribution in [0.2, 0.25) is 0 Å². The first-order valence-corrected chi connectivity index (χ1v) is 8.70. The van der Waals surface area contributed by atoms with Gasteiger partial charge in [0.2, 0.25) is 5.91 Å². The molecule has 2 saturated carbocycles. The lowest BCUT2D eigenvalue weighted by molar-refractivity contribution is -0.162. The number of ether oxygens (including phenoxy) is 1. The molecule has 1 N–H and O–H groups in total. The number of esters is 1. The molecule has 22 heavy (non-hydrogen) atoms. The Labute approximate surface area is 129 Å². The molecule has 0 aromatic heterocycles. The average Bonchev–Trinajstić information content (AvgIpc) is 2.95. The number of rotatable bonds is 4. The predicted octanol–water partition coefficient (Wildman–Crippen LogP) is 0.118. The summed E-state index contributed by atoms with van der Waals surface area (Å²) >= 11 is 0. The van der Waals surface area contributed by atoms with Crippen molar-refractivity contribution in [1.82, 2.24) is 5.32 Å². The van der Waals surface area contributed by atoms with Gasteiger partial charge in [0, 0.05) is 17.4 Å². The van der Waals surface area contributed by atoms with E-state index in [1.54, 1.807) is 6.92 Å². The van der Waals surface area contributed by atoms with Crippen LogP contribution in [0.5, 0.6) is 0 Å². The van der Waals surface area contributed by atoms with Crippen molar-refractivity contribution in [3.8, 4) is 0 Å². The van der Waals surface area contributed by atoms with Gasteiger partial charge in [0.05, 0.1) is 6.10 Å². The first-order valence-electron chi connectivity index (χ1n) is 7.23. The van der Waals surface area contributed by atoms with Gasteiger partial charge in [-0.05, 0) is 26.7 Å². The van der Waals surface area contributed by atoms with Crippen molar-refractivity contribution < 1.29 is 26.9 Å². The number of nitrogens with one attached hydrogen (secondary N) is 1. The second-order valence-corrected chi connectivity index (χ2v) is 8.19. The molecule has 3 fully saturated rings. The minimum absolute atomic E-state index is 0.0226. The van der Waals surface area contributed by atoms with Crippen molar-refractivity contribution in [3.63, 3.8) is 0 Å². The zero-order valence-electron chi connectivity index (χ0n) is 12.5. The Morgan fingerprint density at radius 3 is 2.73 bits per heavy atom. The van der Waals surface area contributed by atoms with Crippen LogP contribution in [0.25, 0.3) is 0 Å². The second kappa shape index (κ2) is 4.79. The standard InChI is InChI=1S/C14H19NO6S/c1-7(2)13(17)15-6-11(16)20-14(3)8-4-9-10(5-8)21-22(18,19)12(9)14/h8-10,12H,1,4-6H2,2-3H3,(H,15,17). The lowest BCUT2D eigenvalue weighted by Gasteiger charge is -2.35. The van der Waals surface area contributed by atoms with Crippen LogP contribution in [0, 0.1) is 11.8 Å². The maximum absolute atomic E-state index is 12.1. The molecular formula is C14H19NO6S. The Bertz CT molecular complexity index is 654. The average molecular weight is 329 g/mol. The highest BCUT2D eigenvalue weighted by atomic mass is 32.2. The van der Waals surface area contributed by atoms with Gasteiger partial charge in [0.15, 0.2) is 0 Å². The van der Waals surface area contributed by atoms with Crippen LogP contribution in [0.4, 0.5) is 0 Å². The Hall–Kier alpha value is -1.41. The number of hydrogen-bond acceptors (Lipinski definition) is 6. The van der Waals surface area contributed by atoms with E-state index in [2.05, 4.69) is 11.9 Å². The van der Waals surface area contributed by atoms with E-state index >= 15 is 0 Å². The maximum atomic E-state index is 12.1. The number of hydrogen-bond donors (Lipinski definition) is 1. The molecule has 0 aromatic carbocycles. The molecule has 1 amide bonds. The Morgan fingerprint density at radius 2 is 2.09 bits per heavy atom. The molecule has 3 aliphatic rings. The number of amides is 1. The monoisotopic (exact) mass is 329 g/mol. The van der Waals surface area contributed by atoms with Crippen molar-refractivity contribution in [3.05, 3.63) is 12.2 Å². The summed E-state index contributed by atoms with van der Waals surface area (Å²) in [5, 5.41) is 1.59. The molecule has 0 radical (unpaired) electrons. The molecule has 1 heterocycles. The Balaban J connectivity index is 1.71. The van der Waals surface area contributed by atoms with Crippen LogP contribution in [0.15, 0.2) is 12.2 Å². The summed E-state index contributed by atoms with van der Waals surface area (Å²) in [4.78, 5) is 23.4. The van der Waals surface area contributed by atoms with E-state index in [4.69, 9.17) is 8.92 Å². The highest BCUT2D eigenvalue weighted by Gasteiger charge is 2.71. The highest BCUT2D eigenvalue weighted by Crippen LogP contribution is 2.60. The van der Waals surface area contributed by atoms with E-state index in [0.29, 0.717) is 12.8 Å². The number of carbonyl (C=O) groups is 2. The third-order valence-electron chi connectivity index (χ3n) is 5.00. The van der Waals surface area contributed by atoms with Gasteiger partial charge in [-0.15, -0.1) is 0 Å². The maximum Gasteiger partial charge on any atom is 0.326 e. The van der Waals surface area contributed by atoms with Gasteiger partial charge < -0.3 is 10.1 Å². The van der Waals surface area contributed by atoms with E-state index in [-0.39, 0.29) is 30.1 Å². The van der Waals surface area contributed by atoms with Crippen molar-refractivity contribution in [2.24, 2.45) is 11.8 Å². The number of fused-ring (bicyclic) bond motifs is 1. The third kappa shape index (κ3) is 2.16. The van der Waals surface area contributed by atoms with Crippen LogP contribution in [-0.2, 0) is 28.6 Å². The molecule has 5 atom stereocenters. The van der Waals surface area contributed by atoms with E-state index in [9.17, 15) is 18.0 Å². The molecule has 1 aliphatic heterocycles. The molecule has 0 spiro atoms. The topological polar surface area (TPSA) is 98.8 Å². The molecule has 8 heteroatoms. The van der Waals surface area contributed by atoms with E-state index in [1.807, 2.05) is 0 Å². The van der Waals surface area contributed by atoms with Gasteiger partial charge in [-0.1, -0.05) is 6.58 Å². The molecule has 3 rings (SSSR count). The van der Waals surface area contributed by atoms with Crippen LogP contribution < -0.4 is 5.32 Å². The number of carbonyl (C=O) groups excluding carboxylic acids is 2. The van der Waals surface area contributed by atoms with E-state index < -0.39 is 32.8 Å². The van der Waals surface area contributed by atoms with Crippen LogP contribution >= 0.6 is 0 Å². The van der Waals surface area contributed by atoms with Crippen molar-refractivity contribution in [2.75, 3.05) is 6.54 Å². The summed E-state index contributed by atoms with van der Waals surface area (Å²) in [6.45, 7) is 6.35. The van der Waals surface area contributed by atoms with Gasteiger partial charge in [-0.3, -0.25) is 13.8 Å². The van der Waals surface area contributed by atoms with Gasteiger partial charge in [0.25, 0.3) is 10.1 Å². The molecule has 122 valence electrons. The summed E-state index contributed by atoms with van der Waals surface area (Å²) < 4.78 is 34.9. The molecule has 7 nitrogen and oxygen atoms in total. The molecule has 0 aromatic rings. The SMILES string of the molecule is C=C(C)C(=O)NCC(=O)OC1(C)C2CC3OS(=O)(=O)C1C3C2. The largest absolute Gasteiger partial charge is 0.456 e. The van der Waals surface area contributed by atoms with Crippen LogP contribution in [0.1, 0.15) is 26.7 Å². The minimum atomic E-state index is -3.71. The Morgan fingerprint density at radius 1 is 1.41 bits per heavy atom. The smallest absolute Gasteiger partial charge is 0.326 e. The van der Waals surface area contributed by atoms with Crippen molar-refractivity contribution >= 4 is 22.0 Å². The fourth-order valence-electron chi connectivity index (χ4n) is 4.05. The molecule has 2 bridgehead atoms. The van der Waals surface area contributed by atoms with Gasteiger partial charge in [-0.25, -0.2) is 0 Å². The van der Waals surface area contributed by atoms with Crippen LogP contribution in [-0.4, -0.2) is 43.8 Å². The first-order chi connectivity index (χ1) is 10.1. The van der Waals surface area contributed by atoms with Gasteiger partial charge >= 0.3 is 5.97 Å². The predicted molar refractivity (Wildman–Crippen MR) is 76.1 cm³/mol. The second-order valence-electron chi connectivity index (χ2n) is 6.50. The zero-order valence-corrected chi connectivity index (χ0v) is 13.3. The van der Waals surface area contributed by atoms with Gasteiger partial charge in [0.1, 0.15) is 17.4 Å². The Kier molecular flexibility index (Phi) is 3.37. The van der Waals surface area contributed by atoms with Crippen molar-refractivity contribution in [1.29, 1.82) is 0 Å². The summed E-state index contributed by atoms with van der Waals surface area (Å²) in [5.74, 6) is -1.21. The fraction of sp³-hybridized carbons (Fsp3) is 0.714. The van der Waals surface area contributed by atoms with Crippen molar-refractivity contribution in [2.45, 2.75) is 43.6 Å². The molecule has 5 unspecified atom stereocenters. The van der Waals surface area contributed by atoms with Crippen LogP contribution in [0.3, 0.4) is 0 Å².